The molecule has 5 nitrogen and oxygen atoms in total. The molecule has 36 heavy (non-hydrogen) atoms. The summed E-state index contributed by atoms with van der Waals surface area (Å²) in [7, 11) is 0. The van der Waals surface area contributed by atoms with Crippen LogP contribution in [0.5, 0.6) is 0 Å². The number of benzene rings is 3. The summed E-state index contributed by atoms with van der Waals surface area (Å²) in [4.78, 5) is 6.77. The lowest BCUT2D eigenvalue weighted by Gasteiger charge is -2.37. The maximum Gasteiger partial charge on any atom is 0.258 e. The van der Waals surface area contributed by atoms with Crippen LogP contribution in [0.3, 0.4) is 0 Å². The van der Waals surface area contributed by atoms with Gasteiger partial charge in [-0.1, -0.05) is 53.2 Å². The summed E-state index contributed by atoms with van der Waals surface area (Å²) in [5.74, 6) is 0.494. The van der Waals surface area contributed by atoms with Gasteiger partial charge < -0.3 is 14.7 Å². The van der Waals surface area contributed by atoms with Crippen molar-refractivity contribution in [3.8, 4) is 11.4 Å². The van der Waals surface area contributed by atoms with Gasteiger partial charge in [0.05, 0.1) is 11.6 Å². The van der Waals surface area contributed by atoms with Crippen molar-refractivity contribution >= 4 is 22.9 Å². The first-order valence-corrected chi connectivity index (χ1v) is 12.2. The Bertz CT molecular complexity index is 1460. The Labute approximate surface area is 215 Å². The predicted octanol–water partition coefficient (Wildman–Crippen LogP) is 6.66. The number of hydrogen-bond acceptors (Lipinski definition) is 4. The highest BCUT2D eigenvalue weighted by molar-refractivity contribution is 7.80. The number of thiocarbonyl (C=S) groups is 1. The zero-order valence-corrected chi connectivity index (χ0v) is 21.5. The average Bonchev–Trinajstić information content (AvgIpc) is 3.34. The van der Waals surface area contributed by atoms with E-state index in [4.69, 9.17) is 21.7 Å². The van der Waals surface area contributed by atoms with Crippen LogP contribution in [0, 0.1) is 26.6 Å². The molecule has 7 heteroatoms. The quantitative estimate of drug-likeness (QED) is 0.311. The fourth-order valence-corrected chi connectivity index (χ4v) is 4.69. The van der Waals surface area contributed by atoms with E-state index in [2.05, 4.69) is 78.6 Å². The van der Waals surface area contributed by atoms with Crippen LogP contribution in [0.1, 0.15) is 46.7 Å². The van der Waals surface area contributed by atoms with Crippen LogP contribution in [-0.4, -0.2) is 20.2 Å². The molecule has 182 valence electrons. The van der Waals surface area contributed by atoms with Gasteiger partial charge in [0.15, 0.2) is 5.11 Å². The highest BCUT2D eigenvalue weighted by Gasteiger charge is 2.34. The summed E-state index contributed by atoms with van der Waals surface area (Å²) < 4.78 is 19.2. The number of nitrogens with zero attached hydrogens (tertiary/aromatic N) is 3. The molecule has 2 heterocycles. The van der Waals surface area contributed by atoms with Crippen molar-refractivity contribution in [1.29, 1.82) is 0 Å². The van der Waals surface area contributed by atoms with E-state index in [9.17, 15) is 4.39 Å². The molecular weight excluding hydrogens is 471 g/mol. The minimum Gasteiger partial charge on any atom is -0.351 e. The Morgan fingerprint density at radius 2 is 1.67 bits per heavy atom. The van der Waals surface area contributed by atoms with Crippen LogP contribution < -0.4 is 5.32 Å². The first-order valence-electron chi connectivity index (χ1n) is 11.8. The van der Waals surface area contributed by atoms with Gasteiger partial charge in [0.1, 0.15) is 5.82 Å². The van der Waals surface area contributed by atoms with Crippen LogP contribution in [-0.2, 0) is 6.54 Å². The first kappa shape index (κ1) is 23.9. The molecule has 3 aromatic carbocycles. The van der Waals surface area contributed by atoms with Gasteiger partial charge in [-0.25, -0.2) is 4.39 Å². The molecule has 0 saturated carbocycles. The number of halogens is 1. The lowest BCUT2D eigenvalue weighted by atomic mass is 9.92. The van der Waals surface area contributed by atoms with E-state index in [0.29, 0.717) is 28.9 Å². The Hall–Kier alpha value is -3.84. The number of hydrogen-bond donors (Lipinski definition) is 1. The normalized spacial score (nSPS) is 15.9. The molecule has 1 aromatic heterocycles. The zero-order chi connectivity index (χ0) is 25.4. The third-order valence-electron chi connectivity index (χ3n) is 6.68. The summed E-state index contributed by atoms with van der Waals surface area (Å²) in [5, 5.41) is 8.36. The first-order chi connectivity index (χ1) is 17.3. The number of aryl methyl sites for hydroxylation is 3. The summed E-state index contributed by atoms with van der Waals surface area (Å²) >= 11 is 5.84. The van der Waals surface area contributed by atoms with E-state index >= 15 is 0 Å². The third-order valence-corrected chi connectivity index (χ3v) is 7.02. The molecule has 5 rings (SSSR count). The van der Waals surface area contributed by atoms with Gasteiger partial charge in [0.2, 0.25) is 5.82 Å². The molecular formula is C29H27FN4OS. The van der Waals surface area contributed by atoms with E-state index in [1.807, 2.05) is 6.92 Å². The maximum atomic E-state index is 13.4. The summed E-state index contributed by atoms with van der Waals surface area (Å²) in [6, 6.07) is 20.6. The number of nitrogens with one attached hydrogen (secondary N) is 1. The molecule has 1 aliphatic heterocycles. The largest absolute Gasteiger partial charge is 0.351 e. The van der Waals surface area contributed by atoms with Crippen molar-refractivity contribution in [2.24, 2.45) is 0 Å². The molecule has 0 fully saturated rings. The van der Waals surface area contributed by atoms with Crippen molar-refractivity contribution in [2.45, 2.75) is 40.3 Å². The average molecular weight is 499 g/mol. The van der Waals surface area contributed by atoms with Gasteiger partial charge in [0, 0.05) is 17.8 Å². The van der Waals surface area contributed by atoms with E-state index in [1.165, 1.54) is 28.8 Å². The van der Waals surface area contributed by atoms with E-state index in [-0.39, 0.29) is 11.9 Å². The highest BCUT2D eigenvalue weighted by atomic mass is 32.1. The molecule has 0 amide bonds. The number of allylic oxidation sites excluding steroid dienone is 1. The van der Waals surface area contributed by atoms with Crippen molar-refractivity contribution < 1.29 is 8.91 Å². The topological polar surface area (TPSA) is 54.2 Å². The molecule has 0 aliphatic carbocycles. The van der Waals surface area contributed by atoms with Crippen molar-refractivity contribution in [1.82, 2.24) is 20.4 Å². The van der Waals surface area contributed by atoms with Gasteiger partial charge in [-0.2, -0.15) is 4.98 Å². The zero-order valence-electron chi connectivity index (χ0n) is 20.7. The lowest BCUT2D eigenvalue weighted by molar-refractivity contribution is 0.396. The molecule has 1 atom stereocenters. The second-order valence-corrected chi connectivity index (χ2v) is 9.61. The van der Waals surface area contributed by atoms with Crippen molar-refractivity contribution in [3.05, 3.63) is 112 Å². The Morgan fingerprint density at radius 1 is 0.944 bits per heavy atom. The fraction of sp³-hybridized carbons (Fsp3) is 0.207. The second kappa shape index (κ2) is 9.66. The summed E-state index contributed by atoms with van der Waals surface area (Å²) in [5.41, 5.74) is 8.31. The number of rotatable bonds is 5. The summed E-state index contributed by atoms with van der Waals surface area (Å²) in [6.07, 6.45) is 0. The lowest BCUT2D eigenvalue weighted by Crippen LogP contribution is -2.45. The summed E-state index contributed by atoms with van der Waals surface area (Å²) in [6.45, 7) is 8.91. The van der Waals surface area contributed by atoms with Crippen LogP contribution in [0.25, 0.3) is 17.0 Å². The minimum atomic E-state index is -0.312. The second-order valence-electron chi connectivity index (χ2n) is 9.23. The van der Waals surface area contributed by atoms with Crippen LogP contribution in [0.4, 0.5) is 4.39 Å². The number of aromatic nitrogens is 2. The predicted molar refractivity (Wildman–Crippen MR) is 143 cm³/mol. The third kappa shape index (κ3) is 4.66. The van der Waals surface area contributed by atoms with E-state index in [0.717, 1.165) is 22.4 Å². The van der Waals surface area contributed by atoms with E-state index < -0.39 is 0 Å². The van der Waals surface area contributed by atoms with Crippen molar-refractivity contribution in [3.63, 3.8) is 0 Å². The molecule has 1 unspecified atom stereocenters. The monoisotopic (exact) mass is 498 g/mol. The van der Waals surface area contributed by atoms with Gasteiger partial charge in [-0.05, 0) is 86.4 Å². The van der Waals surface area contributed by atoms with Gasteiger partial charge >= 0.3 is 0 Å². The highest BCUT2D eigenvalue weighted by Crippen LogP contribution is 2.38. The molecule has 4 aromatic rings. The van der Waals surface area contributed by atoms with Gasteiger partial charge in [-0.3, -0.25) is 0 Å². The molecule has 1 N–H and O–H groups in total. The Morgan fingerprint density at radius 3 is 2.36 bits per heavy atom. The Balaban J connectivity index is 1.60. The molecule has 0 saturated heterocycles. The smallest absolute Gasteiger partial charge is 0.258 e. The van der Waals surface area contributed by atoms with Crippen LogP contribution >= 0.6 is 12.2 Å². The Kier molecular flexibility index (Phi) is 6.41. The van der Waals surface area contributed by atoms with Crippen molar-refractivity contribution in [2.75, 3.05) is 0 Å². The van der Waals surface area contributed by atoms with Crippen LogP contribution in [0.2, 0.25) is 0 Å². The van der Waals surface area contributed by atoms with Gasteiger partial charge in [0.25, 0.3) is 5.89 Å². The molecule has 0 radical (unpaired) electrons. The minimum absolute atomic E-state index is 0.257. The molecule has 0 bridgehead atoms. The fourth-order valence-electron chi connectivity index (χ4n) is 4.37. The standard InChI is InChI=1S/C29H27FN4OS/c1-17-5-8-21(9-6-17)16-34-20(4)25(26(31-29(34)36)23-10-7-18(2)19(3)15-23)28-32-27(33-35-28)22-11-13-24(30)14-12-22/h5-15,26H,16H2,1-4H3,(H,31,36). The van der Waals surface area contributed by atoms with Gasteiger partial charge in [-0.15, -0.1) is 0 Å². The molecule has 1 aliphatic rings. The van der Waals surface area contributed by atoms with E-state index in [1.54, 1.807) is 12.1 Å². The van der Waals surface area contributed by atoms with Crippen LogP contribution in [0.15, 0.2) is 77.0 Å². The maximum absolute atomic E-state index is 13.4. The SMILES string of the molecule is CC1=C(c2nc(-c3ccc(F)cc3)no2)C(c2ccc(C)c(C)c2)NC(=S)N1Cc1ccc(C)cc1. The molecule has 0 spiro atoms.